The molecule has 11 heteroatoms. The van der Waals surface area contributed by atoms with E-state index in [1.807, 2.05) is 0 Å². The van der Waals surface area contributed by atoms with E-state index in [2.05, 4.69) is 30.5 Å². The molecule has 4 heterocycles. The molecule has 4 rings (SSSR count). The van der Waals surface area contributed by atoms with Crippen LogP contribution in [0.2, 0.25) is 0 Å². The van der Waals surface area contributed by atoms with E-state index in [1.165, 1.54) is 24.1 Å². The summed E-state index contributed by atoms with van der Waals surface area (Å²) in [5.74, 6) is 1.08. The number of H-pyrrole nitrogens is 1. The summed E-state index contributed by atoms with van der Waals surface area (Å²) < 4.78 is 7.12. The number of aromatic amines is 1. The largest absolute Gasteiger partial charge is 0.394 e. The highest BCUT2D eigenvalue weighted by Crippen LogP contribution is 2.38. The second kappa shape index (κ2) is 5.74. The van der Waals surface area contributed by atoms with Crippen molar-refractivity contribution in [1.29, 1.82) is 0 Å². The molecular weight excluding hydrogens is 330 g/mol. The highest BCUT2D eigenvalue weighted by molar-refractivity contribution is 5.84. The Hall–Kier alpha value is -2.60. The molecule has 1 aliphatic heterocycles. The minimum Gasteiger partial charge on any atom is -0.394 e. The molecule has 3 aromatic heterocycles. The van der Waals surface area contributed by atoms with Crippen LogP contribution in [0, 0.1) is 0 Å². The maximum atomic E-state index is 10.4. The fraction of sp³-hybridized carbons (Fsp3) is 0.429. The molecule has 0 unspecified atom stereocenters. The summed E-state index contributed by atoms with van der Waals surface area (Å²) in [5, 5.41) is 39.8. The molecule has 0 bridgehead atoms. The van der Waals surface area contributed by atoms with E-state index in [0.29, 0.717) is 22.8 Å². The summed E-state index contributed by atoms with van der Waals surface area (Å²) in [5.41, 5.74) is -0.726. The zero-order valence-corrected chi connectivity index (χ0v) is 13.2. The van der Waals surface area contributed by atoms with Gasteiger partial charge in [0.25, 0.3) is 0 Å². The van der Waals surface area contributed by atoms with E-state index < -0.39 is 30.6 Å². The predicted octanol–water partition coefficient (Wildman–Crippen LogP) is -0.705. The first kappa shape index (κ1) is 15.9. The summed E-state index contributed by atoms with van der Waals surface area (Å²) in [6.45, 7) is 0.993. The number of nitrogens with one attached hydrogen (secondary N) is 2. The highest BCUT2D eigenvalue weighted by Gasteiger charge is 2.52. The lowest BCUT2D eigenvalue weighted by atomic mass is 9.95. The second-order valence-electron chi connectivity index (χ2n) is 6.01. The van der Waals surface area contributed by atoms with Gasteiger partial charge in [-0.25, -0.2) is 15.0 Å². The highest BCUT2D eigenvalue weighted by atomic mass is 16.6. The Kier molecular flexibility index (Phi) is 3.65. The maximum Gasteiger partial charge on any atom is 0.167 e. The average molecular weight is 347 g/mol. The minimum atomic E-state index is -1.60. The van der Waals surface area contributed by atoms with Crippen LogP contribution in [0.25, 0.3) is 11.2 Å². The second-order valence-corrected chi connectivity index (χ2v) is 6.01. The first-order chi connectivity index (χ1) is 12.0. The van der Waals surface area contributed by atoms with Crippen LogP contribution in [0.3, 0.4) is 0 Å². The summed E-state index contributed by atoms with van der Waals surface area (Å²) in [4.78, 5) is 12.6. The van der Waals surface area contributed by atoms with E-state index in [1.54, 1.807) is 12.3 Å². The van der Waals surface area contributed by atoms with Gasteiger partial charge in [-0.1, -0.05) is 0 Å². The quantitative estimate of drug-likeness (QED) is 0.412. The number of rotatable bonds is 4. The van der Waals surface area contributed by atoms with Gasteiger partial charge in [-0.15, -0.1) is 0 Å². The Morgan fingerprint density at radius 3 is 2.92 bits per heavy atom. The van der Waals surface area contributed by atoms with Gasteiger partial charge in [-0.2, -0.15) is 5.10 Å². The number of fused-ring (bicyclic) bond motifs is 1. The standard InChI is InChI=1S/C14H17N7O4/c1-14(24)7(4-22)25-13(10(14)23)21-6-17-9-11(15-5-16-12(9)21)19-8-2-3-18-20-8/h2-3,5-7,10,13,22-24H,4H2,1H3,(H2,15,16,18,19,20)/t7-,10+,13-,14-/m1/s1. The van der Waals surface area contributed by atoms with Crippen LogP contribution >= 0.6 is 0 Å². The number of ether oxygens (including phenoxy) is 1. The molecule has 0 amide bonds. The van der Waals surface area contributed by atoms with Crippen LogP contribution in [0.1, 0.15) is 13.2 Å². The van der Waals surface area contributed by atoms with Crippen LogP contribution in [-0.2, 0) is 4.74 Å². The normalized spacial score (nSPS) is 29.4. The number of imidazole rings is 1. The number of anilines is 2. The van der Waals surface area contributed by atoms with Gasteiger partial charge < -0.3 is 25.4 Å². The summed E-state index contributed by atoms with van der Waals surface area (Å²) in [6.07, 6.45) is 1.27. The van der Waals surface area contributed by atoms with Crippen molar-refractivity contribution in [3.05, 3.63) is 24.9 Å². The lowest BCUT2D eigenvalue weighted by Crippen LogP contribution is -2.46. The lowest BCUT2D eigenvalue weighted by Gasteiger charge is -2.25. The van der Waals surface area contributed by atoms with Crippen molar-refractivity contribution in [2.24, 2.45) is 0 Å². The molecule has 0 aromatic carbocycles. The van der Waals surface area contributed by atoms with Crippen molar-refractivity contribution in [3.8, 4) is 0 Å². The Morgan fingerprint density at radius 2 is 2.24 bits per heavy atom. The van der Waals surface area contributed by atoms with E-state index in [4.69, 9.17) is 4.74 Å². The maximum absolute atomic E-state index is 10.4. The summed E-state index contributed by atoms with van der Waals surface area (Å²) >= 11 is 0. The number of hydrogen-bond donors (Lipinski definition) is 5. The monoisotopic (exact) mass is 347 g/mol. The molecule has 1 fully saturated rings. The number of aliphatic hydroxyl groups excluding tert-OH is 2. The predicted molar refractivity (Wildman–Crippen MR) is 84.8 cm³/mol. The fourth-order valence-electron chi connectivity index (χ4n) is 2.89. The number of hydrogen-bond acceptors (Lipinski definition) is 9. The van der Waals surface area contributed by atoms with E-state index in [-0.39, 0.29) is 0 Å². The van der Waals surface area contributed by atoms with Crippen LogP contribution in [0.5, 0.6) is 0 Å². The third-order valence-corrected chi connectivity index (χ3v) is 4.38. The Morgan fingerprint density at radius 1 is 1.40 bits per heavy atom. The van der Waals surface area contributed by atoms with Gasteiger partial charge in [0.15, 0.2) is 23.2 Å². The number of aromatic nitrogens is 6. The molecule has 0 spiro atoms. The van der Waals surface area contributed by atoms with Crippen molar-refractivity contribution in [3.63, 3.8) is 0 Å². The van der Waals surface area contributed by atoms with Gasteiger partial charge >= 0.3 is 0 Å². The molecule has 1 saturated heterocycles. The van der Waals surface area contributed by atoms with Gasteiger partial charge in [0, 0.05) is 6.07 Å². The van der Waals surface area contributed by atoms with Gasteiger partial charge in [-0.05, 0) is 6.92 Å². The van der Waals surface area contributed by atoms with Crippen molar-refractivity contribution in [2.75, 3.05) is 11.9 Å². The van der Waals surface area contributed by atoms with Crippen molar-refractivity contribution >= 4 is 22.8 Å². The zero-order chi connectivity index (χ0) is 17.6. The minimum absolute atomic E-state index is 0.412. The summed E-state index contributed by atoms with van der Waals surface area (Å²) in [7, 11) is 0. The van der Waals surface area contributed by atoms with Crippen LogP contribution < -0.4 is 5.32 Å². The van der Waals surface area contributed by atoms with Crippen LogP contribution in [-0.4, -0.2) is 69.5 Å². The molecule has 25 heavy (non-hydrogen) atoms. The third-order valence-electron chi connectivity index (χ3n) is 4.38. The molecule has 4 atom stereocenters. The van der Waals surface area contributed by atoms with Gasteiger partial charge in [-0.3, -0.25) is 9.67 Å². The average Bonchev–Trinajstić information content (AvgIpc) is 3.29. The van der Waals surface area contributed by atoms with Gasteiger partial charge in [0.1, 0.15) is 30.0 Å². The number of nitrogens with zero attached hydrogens (tertiary/aromatic N) is 5. The van der Waals surface area contributed by atoms with Gasteiger partial charge in [0.05, 0.1) is 19.1 Å². The first-order valence-electron chi connectivity index (χ1n) is 7.63. The smallest absolute Gasteiger partial charge is 0.167 e. The Bertz CT molecular complexity index is 879. The fourth-order valence-corrected chi connectivity index (χ4v) is 2.89. The summed E-state index contributed by atoms with van der Waals surface area (Å²) in [6, 6.07) is 1.73. The van der Waals surface area contributed by atoms with E-state index >= 15 is 0 Å². The molecule has 5 N–H and O–H groups in total. The molecule has 1 aliphatic rings. The van der Waals surface area contributed by atoms with E-state index in [0.717, 1.165) is 0 Å². The lowest BCUT2D eigenvalue weighted by molar-refractivity contribution is -0.0804. The van der Waals surface area contributed by atoms with Crippen LogP contribution in [0.4, 0.5) is 11.6 Å². The molecule has 3 aromatic rings. The number of aliphatic hydroxyl groups is 3. The van der Waals surface area contributed by atoms with Crippen molar-refractivity contribution < 1.29 is 20.1 Å². The SMILES string of the molecule is C[C@@]1(O)[C@@H](CO)O[C@@H](n2cnc3c(Nc4ccn[nH]4)ncnc32)[C@@H]1O. The topological polar surface area (TPSA) is 154 Å². The van der Waals surface area contributed by atoms with Crippen LogP contribution in [0.15, 0.2) is 24.9 Å². The molecule has 0 radical (unpaired) electrons. The molecule has 0 aliphatic carbocycles. The zero-order valence-electron chi connectivity index (χ0n) is 13.2. The molecule has 0 saturated carbocycles. The molecule has 132 valence electrons. The molecule has 11 nitrogen and oxygen atoms in total. The van der Waals surface area contributed by atoms with Crippen molar-refractivity contribution in [2.45, 2.75) is 31.0 Å². The van der Waals surface area contributed by atoms with E-state index in [9.17, 15) is 15.3 Å². The third kappa shape index (κ3) is 2.44. The van der Waals surface area contributed by atoms with Gasteiger partial charge in [0.2, 0.25) is 0 Å². The first-order valence-corrected chi connectivity index (χ1v) is 7.63. The Balaban J connectivity index is 1.72. The Labute approximate surface area is 141 Å². The van der Waals surface area contributed by atoms with Crippen molar-refractivity contribution in [1.82, 2.24) is 29.7 Å². The molecular formula is C14H17N7O4.